The van der Waals surface area contributed by atoms with E-state index in [9.17, 15) is 9.59 Å². The first-order valence-electron chi connectivity index (χ1n) is 24.4. The zero-order valence-electron chi connectivity index (χ0n) is 38.5. The SMILES string of the molecule is CC(C)C1=C2[C@H]3CC[C@@H]4[C@@]5(C)CC[C@H](OC(=O)[C@H]6C[C@@H](Cc7ccccc7)C6(C)C)C(C)(C)[C@@H]5CC[C@@]4(C)[C@]3(C)CC[C@@]2(C(=O)N2CCC[C@H]2CN2CCCC2)CC1=O. The van der Waals surface area contributed by atoms with E-state index < -0.39 is 5.41 Å². The third-order valence-electron chi connectivity index (χ3n) is 20.4. The fourth-order valence-corrected chi connectivity index (χ4v) is 16.8. The largest absolute Gasteiger partial charge is 0.462 e. The lowest BCUT2D eigenvalue weighted by atomic mass is 9.33. The molecule has 324 valence electrons. The second-order valence-electron chi connectivity index (χ2n) is 23.9. The standard InChI is InChI=1S/C53H78N2O4/c1-34(2)44-40(56)32-53(47(58)55-29-15-18-37(55)33-54-27-13-14-28-54)26-25-51(8)38(45(44)53)19-20-42-50(7)23-22-43(49(5,6)41(50)21-24-52(42,51)9)59-46(57)39-31-36(48(39,3)4)30-35-16-11-10-12-17-35/h10-12,16-17,34,36-39,41-43H,13-15,18-33H2,1-9H3/t36-,37+,38-,39-,41+,42-,43+,50+,51-,52-,53-/m1/s1. The van der Waals surface area contributed by atoms with Gasteiger partial charge in [0.2, 0.25) is 5.91 Å². The molecule has 6 nitrogen and oxygen atoms in total. The number of fused-ring (bicyclic) bond motifs is 7. The summed E-state index contributed by atoms with van der Waals surface area (Å²) in [5, 5.41) is 0. The highest BCUT2D eigenvalue weighted by molar-refractivity contribution is 6.07. The van der Waals surface area contributed by atoms with Crippen LogP contribution in [0.5, 0.6) is 0 Å². The van der Waals surface area contributed by atoms with Crippen molar-refractivity contribution in [1.29, 1.82) is 0 Å². The highest BCUT2D eigenvalue weighted by atomic mass is 16.5. The number of allylic oxidation sites excluding steroid dienone is 1. The predicted octanol–water partition coefficient (Wildman–Crippen LogP) is 10.9. The van der Waals surface area contributed by atoms with Crippen molar-refractivity contribution >= 4 is 17.7 Å². The van der Waals surface area contributed by atoms with Crippen LogP contribution >= 0.6 is 0 Å². The summed E-state index contributed by atoms with van der Waals surface area (Å²) in [7, 11) is 0. The maximum atomic E-state index is 15.3. The third kappa shape index (κ3) is 6.17. The number of rotatable bonds is 8. The molecule has 1 amide bonds. The number of hydrogen-bond acceptors (Lipinski definition) is 5. The molecule has 6 heteroatoms. The first-order valence-corrected chi connectivity index (χ1v) is 24.4. The van der Waals surface area contributed by atoms with Crippen LogP contribution in [0, 0.1) is 68.0 Å². The molecule has 1 aromatic carbocycles. The molecule has 6 aliphatic carbocycles. The van der Waals surface area contributed by atoms with Gasteiger partial charge in [0.05, 0.1) is 11.3 Å². The molecule has 0 spiro atoms. The van der Waals surface area contributed by atoms with Crippen LogP contribution in [0.1, 0.15) is 158 Å². The number of nitrogens with zero attached hydrogens (tertiary/aromatic N) is 2. The number of ether oxygens (including phenoxy) is 1. The molecule has 9 rings (SSSR count). The zero-order valence-corrected chi connectivity index (χ0v) is 38.5. The van der Waals surface area contributed by atoms with E-state index >= 15 is 4.79 Å². The van der Waals surface area contributed by atoms with Crippen molar-refractivity contribution < 1.29 is 19.1 Å². The van der Waals surface area contributed by atoms with Crippen LogP contribution in [-0.2, 0) is 25.5 Å². The van der Waals surface area contributed by atoms with Crippen LogP contribution in [0.25, 0.3) is 0 Å². The van der Waals surface area contributed by atoms with Gasteiger partial charge in [0, 0.05) is 31.0 Å². The van der Waals surface area contributed by atoms with Crippen LogP contribution in [0.15, 0.2) is 41.5 Å². The normalized spacial score (nSPS) is 42.5. The topological polar surface area (TPSA) is 66.9 Å². The minimum Gasteiger partial charge on any atom is -0.462 e. The lowest BCUT2D eigenvalue weighted by molar-refractivity contribution is -0.236. The second-order valence-corrected chi connectivity index (χ2v) is 23.9. The number of carbonyl (C=O) groups excluding carboxylic acids is 3. The van der Waals surface area contributed by atoms with E-state index in [1.165, 1.54) is 24.0 Å². The van der Waals surface area contributed by atoms with Gasteiger partial charge in [-0.1, -0.05) is 92.6 Å². The lowest BCUT2D eigenvalue weighted by Crippen LogP contribution is -2.66. The van der Waals surface area contributed by atoms with Gasteiger partial charge in [0.15, 0.2) is 5.78 Å². The molecule has 8 aliphatic rings. The summed E-state index contributed by atoms with van der Waals surface area (Å²) in [6.45, 7) is 25.8. The first kappa shape index (κ1) is 41.9. The highest BCUT2D eigenvalue weighted by Crippen LogP contribution is 2.77. The van der Waals surface area contributed by atoms with Crippen molar-refractivity contribution in [3.63, 3.8) is 0 Å². The summed E-state index contributed by atoms with van der Waals surface area (Å²) in [6, 6.07) is 11.0. The average Bonchev–Trinajstić information content (AvgIpc) is 3.94. The van der Waals surface area contributed by atoms with Crippen molar-refractivity contribution in [2.75, 3.05) is 26.2 Å². The van der Waals surface area contributed by atoms with Gasteiger partial charge in [0.25, 0.3) is 0 Å². The Morgan fingerprint density at radius 2 is 1.51 bits per heavy atom. The van der Waals surface area contributed by atoms with Gasteiger partial charge in [0.1, 0.15) is 6.10 Å². The quantitative estimate of drug-likeness (QED) is 0.245. The Balaban J connectivity index is 0.946. The Bertz CT molecular complexity index is 1860. The van der Waals surface area contributed by atoms with Crippen molar-refractivity contribution in [2.24, 2.45) is 68.0 Å². The van der Waals surface area contributed by atoms with Gasteiger partial charge >= 0.3 is 5.97 Å². The molecular formula is C53H78N2O4. The molecule has 2 saturated heterocycles. The summed E-state index contributed by atoms with van der Waals surface area (Å²) in [5.74, 6) is 2.49. The molecule has 0 radical (unpaired) electrons. The second kappa shape index (κ2) is 14.5. The van der Waals surface area contributed by atoms with E-state index in [0.717, 1.165) is 109 Å². The smallest absolute Gasteiger partial charge is 0.309 e. The minimum atomic E-state index is -0.654. The highest BCUT2D eigenvalue weighted by Gasteiger charge is 2.71. The summed E-state index contributed by atoms with van der Waals surface area (Å²) < 4.78 is 6.70. The van der Waals surface area contributed by atoms with Crippen molar-refractivity contribution in [1.82, 2.24) is 9.80 Å². The Hall–Kier alpha value is -2.47. The number of carbonyl (C=O) groups is 3. The number of benzene rings is 1. The molecule has 0 N–H and O–H groups in total. The van der Waals surface area contributed by atoms with Crippen molar-refractivity contribution in [2.45, 2.75) is 171 Å². The number of Topliss-reactive ketones (excluding diaryl/α,β-unsaturated/α-hetero) is 1. The third-order valence-corrected chi connectivity index (χ3v) is 20.4. The number of amides is 1. The molecule has 0 aromatic heterocycles. The van der Waals surface area contributed by atoms with E-state index in [0.29, 0.717) is 30.1 Å². The Morgan fingerprint density at radius 3 is 2.20 bits per heavy atom. The Morgan fingerprint density at radius 1 is 0.780 bits per heavy atom. The van der Waals surface area contributed by atoms with Crippen LogP contribution < -0.4 is 0 Å². The molecule has 59 heavy (non-hydrogen) atoms. The van der Waals surface area contributed by atoms with E-state index in [1.54, 1.807) is 0 Å². The summed E-state index contributed by atoms with van der Waals surface area (Å²) in [5.41, 5.74) is 3.12. The fraction of sp³-hybridized carbons (Fsp3) is 0.792. The molecule has 0 bridgehead atoms. The van der Waals surface area contributed by atoms with E-state index in [2.05, 4.69) is 102 Å². The molecule has 0 unspecified atom stereocenters. The summed E-state index contributed by atoms with van der Waals surface area (Å²) >= 11 is 0. The van der Waals surface area contributed by atoms with Crippen molar-refractivity contribution in [3.8, 4) is 0 Å². The Kier molecular flexibility index (Phi) is 10.3. The number of ketones is 1. The van der Waals surface area contributed by atoms with Gasteiger partial charge in [-0.3, -0.25) is 14.4 Å². The molecule has 2 aliphatic heterocycles. The van der Waals surface area contributed by atoms with Crippen LogP contribution in [0.2, 0.25) is 0 Å². The van der Waals surface area contributed by atoms with Gasteiger partial charge < -0.3 is 14.5 Å². The summed E-state index contributed by atoms with van der Waals surface area (Å²) in [6.07, 6.45) is 15.4. The maximum absolute atomic E-state index is 15.3. The Labute approximate surface area is 357 Å². The van der Waals surface area contributed by atoms with E-state index in [4.69, 9.17) is 4.74 Å². The number of hydrogen-bond donors (Lipinski definition) is 0. The lowest BCUT2D eigenvalue weighted by Gasteiger charge is -2.72. The van der Waals surface area contributed by atoms with Crippen LogP contribution in [-0.4, -0.2) is 65.8 Å². The zero-order chi connectivity index (χ0) is 41.9. The fourth-order valence-electron chi connectivity index (χ4n) is 16.8. The van der Waals surface area contributed by atoms with Crippen LogP contribution in [0.4, 0.5) is 0 Å². The maximum Gasteiger partial charge on any atom is 0.309 e. The average molecular weight is 807 g/mol. The van der Waals surface area contributed by atoms with Crippen molar-refractivity contribution in [3.05, 3.63) is 47.0 Å². The molecule has 2 heterocycles. The van der Waals surface area contributed by atoms with Gasteiger partial charge in [-0.2, -0.15) is 0 Å². The number of esters is 1. The molecular weight excluding hydrogens is 729 g/mol. The summed E-state index contributed by atoms with van der Waals surface area (Å²) in [4.78, 5) is 48.6. The number of likely N-dealkylation sites (tertiary alicyclic amines) is 2. The monoisotopic (exact) mass is 807 g/mol. The molecule has 5 saturated carbocycles. The molecule has 1 aromatic rings. The van der Waals surface area contributed by atoms with Gasteiger partial charge in [-0.15, -0.1) is 0 Å². The van der Waals surface area contributed by atoms with Gasteiger partial charge in [-0.25, -0.2) is 0 Å². The predicted molar refractivity (Wildman–Crippen MR) is 235 cm³/mol. The van der Waals surface area contributed by atoms with E-state index in [-0.39, 0.29) is 68.7 Å². The van der Waals surface area contributed by atoms with Gasteiger partial charge in [-0.05, 0) is 171 Å². The molecule has 7 fully saturated rings. The van der Waals surface area contributed by atoms with Crippen LogP contribution in [0.3, 0.4) is 0 Å². The van der Waals surface area contributed by atoms with E-state index in [1.807, 2.05) is 0 Å². The minimum absolute atomic E-state index is 0.0211. The molecule has 11 atom stereocenters. The first-order chi connectivity index (χ1) is 27.9.